The summed E-state index contributed by atoms with van der Waals surface area (Å²) in [5.74, 6) is 0.269. The van der Waals surface area contributed by atoms with Crippen LogP contribution in [0.2, 0.25) is 10.0 Å². The van der Waals surface area contributed by atoms with Crippen molar-refractivity contribution in [2.45, 2.75) is 19.9 Å². The van der Waals surface area contributed by atoms with Crippen molar-refractivity contribution in [2.75, 3.05) is 6.61 Å². The van der Waals surface area contributed by atoms with Crippen LogP contribution < -0.4 is 10.1 Å². The zero-order valence-electron chi connectivity index (χ0n) is 9.09. The van der Waals surface area contributed by atoms with Gasteiger partial charge in [-0.05, 0) is 32.0 Å². The molecule has 0 aliphatic heterocycles. The van der Waals surface area contributed by atoms with Crippen LogP contribution in [0.25, 0.3) is 0 Å². The van der Waals surface area contributed by atoms with Gasteiger partial charge >= 0.3 is 0 Å². The summed E-state index contributed by atoms with van der Waals surface area (Å²) in [4.78, 5) is 11.3. The largest absolute Gasteiger partial charge is 0.482 e. The number of nitrogens with one attached hydrogen (secondary N) is 1. The maximum absolute atomic E-state index is 11.3. The summed E-state index contributed by atoms with van der Waals surface area (Å²) in [5, 5.41) is 3.64. The van der Waals surface area contributed by atoms with E-state index in [4.69, 9.17) is 27.9 Å². The Morgan fingerprint density at radius 1 is 1.44 bits per heavy atom. The van der Waals surface area contributed by atoms with Gasteiger partial charge in [-0.25, -0.2) is 0 Å². The first-order chi connectivity index (χ1) is 7.49. The topological polar surface area (TPSA) is 38.3 Å². The van der Waals surface area contributed by atoms with Crippen LogP contribution in [-0.2, 0) is 4.79 Å². The van der Waals surface area contributed by atoms with E-state index in [1.165, 1.54) is 0 Å². The van der Waals surface area contributed by atoms with Crippen LogP contribution in [0.4, 0.5) is 0 Å². The molecule has 5 heteroatoms. The molecule has 0 radical (unpaired) electrons. The Labute approximate surface area is 105 Å². The molecule has 1 aromatic rings. The van der Waals surface area contributed by atoms with Crippen molar-refractivity contribution >= 4 is 29.1 Å². The highest BCUT2D eigenvalue weighted by Crippen LogP contribution is 2.27. The normalized spacial score (nSPS) is 10.3. The monoisotopic (exact) mass is 261 g/mol. The first-order valence-corrected chi connectivity index (χ1v) is 5.62. The maximum Gasteiger partial charge on any atom is 0.258 e. The molecule has 0 aliphatic carbocycles. The fraction of sp³-hybridized carbons (Fsp3) is 0.364. The number of ether oxygens (including phenoxy) is 1. The molecule has 0 aliphatic rings. The highest BCUT2D eigenvalue weighted by molar-refractivity contribution is 6.35. The van der Waals surface area contributed by atoms with Gasteiger partial charge in [-0.2, -0.15) is 0 Å². The van der Waals surface area contributed by atoms with E-state index in [0.29, 0.717) is 15.8 Å². The minimum atomic E-state index is -0.180. The standard InChI is InChI=1S/C11H13Cl2NO2/c1-7(2)14-11(15)6-16-10-4-3-8(12)5-9(10)13/h3-5,7H,6H2,1-2H3,(H,14,15). The van der Waals surface area contributed by atoms with Crippen LogP contribution in [-0.4, -0.2) is 18.6 Å². The van der Waals surface area contributed by atoms with Gasteiger partial charge in [0.1, 0.15) is 5.75 Å². The summed E-state index contributed by atoms with van der Waals surface area (Å²) >= 11 is 11.6. The van der Waals surface area contributed by atoms with Crippen molar-refractivity contribution in [3.05, 3.63) is 28.2 Å². The van der Waals surface area contributed by atoms with Gasteiger partial charge < -0.3 is 10.1 Å². The van der Waals surface area contributed by atoms with E-state index in [9.17, 15) is 4.79 Å². The van der Waals surface area contributed by atoms with Gasteiger partial charge in [0.05, 0.1) is 5.02 Å². The van der Waals surface area contributed by atoms with Gasteiger partial charge in [0, 0.05) is 11.1 Å². The molecule has 16 heavy (non-hydrogen) atoms. The number of hydrogen-bond donors (Lipinski definition) is 1. The molecule has 88 valence electrons. The number of rotatable bonds is 4. The number of benzene rings is 1. The number of halogens is 2. The molecular weight excluding hydrogens is 249 g/mol. The Bertz CT molecular complexity index is 380. The SMILES string of the molecule is CC(C)NC(=O)COc1ccc(Cl)cc1Cl. The van der Waals surface area contributed by atoms with E-state index in [1.807, 2.05) is 13.8 Å². The molecule has 1 rings (SSSR count). The third-order valence-electron chi connectivity index (χ3n) is 1.70. The molecule has 0 saturated heterocycles. The molecule has 0 bridgehead atoms. The average molecular weight is 262 g/mol. The fourth-order valence-corrected chi connectivity index (χ4v) is 1.56. The number of carbonyl (C=O) groups excluding carboxylic acids is 1. The molecule has 1 N–H and O–H groups in total. The zero-order chi connectivity index (χ0) is 12.1. The van der Waals surface area contributed by atoms with Crippen LogP contribution in [0.5, 0.6) is 5.75 Å². The highest BCUT2D eigenvalue weighted by atomic mass is 35.5. The third-order valence-corrected chi connectivity index (χ3v) is 2.23. The van der Waals surface area contributed by atoms with E-state index in [2.05, 4.69) is 5.32 Å². The van der Waals surface area contributed by atoms with Gasteiger partial charge in [0.15, 0.2) is 6.61 Å². The van der Waals surface area contributed by atoms with Crippen molar-refractivity contribution in [2.24, 2.45) is 0 Å². The lowest BCUT2D eigenvalue weighted by Crippen LogP contribution is -2.34. The quantitative estimate of drug-likeness (QED) is 0.906. The molecule has 1 aromatic carbocycles. The zero-order valence-corrected chi connectivity index (χ0v) is 10.6. The average Bonchev–Trinajstić information content (AvgIpc) is 2.15. The summed E-state index contributed by atoms with van der Waals surface area (Å²) in [6.45, 7) is 3.71. The summed E-state index contributed by atoms with van der Waals surface area (Å²) in [6.07, 6.45) is 0. The molecule has 0 aromatic heterocycles. The molecule has 0 spiro atoms. The van der Waals surface area contributed by atoms with Gasteiger partial charge in [-0.1, -0.05) is 23.2 Å². The summed E-state index contributed by atoms with van der Waals surface area (Å²) in [6, 6.07) is 4.95. The number of amides is 1. The third kappa shape index (κ3) is 4.29. The molecule has 0 fully saturated rings. The van der Waals surface area contributed by atoms with Crippen LogP contribution in [0.1, 0.15) is 13.8 Å². The van der Waals surface area contributed by atoms with Gasteiger partial charge in [-0.3, -0.25) is 4.79 Å². The van der Waals surface area contributed by atoms with Crippen LogP contribution in [0.15, 0.2) is 18.2 Å². The summed E-state index contributed by atoms with van der Waals surface area (Å²) in [5.41, 5.74) is 0. The molecule has 1 amide bonds. The van der Waals surface area contributed by atoms with Gasteiger partial charge in [-0.15, -0.1) is 0 Å². The van der Waals surface area contributed by atoms with Crippen molar-refractivity contribution in [3.8, 4) is 5.75 Å². The lowest BCUT2D eigenvalue weighted by molar-refractivity contribution is -0.123. The highest BCUT2D eigenvalue weighted by Gasteiger charge is 2.07. The molecule has 0 saturated carbocycles. The van der Waals surface area contributed by atoms with E-state index in [-0.39, 0.29) is 18.6 Å². The maximum atomic E-state index is 11.3. The Hall–Kier alpha value is -0.930. The predicted octanol–water partition coefficient (Wildman–Crippen LogP) is 2.90. The van der Waals surface area contributed by atoms with Gasteiger partial charge in [0.25, 0.3) is 5.91 Å². The Balaban J connectivity index is 2.51. The van der Waals surface area contributed by atoms with Crippen LogP contribution >= 0.6 is 23.2 Å². The Kier molecular flexibility index (Phi) is 4.90. The van der Waals surface area contributed by atoms with E-state index in [0.717, 1.165) is 0 Å². The lowest BCUT2D eigenvalue weighted by atomic mass is 10.3. The van der Waals surface area contributed by atoms with E-state index < -0.39 is 0 Å². The Morgan fingerprint density at radius 3 is 2.69 bits per heavy atom. The van der Waals surface area contributed by atoms with Crippen LogP contribution in [0.3, 0.4) is 0 Å². The summed E-state index contributed by atoms with van der Waals surface area (Å²) in [7, 11) is 0. The van der Waals surface area contributed by atoms with Crippen molar-refractivity contribution in [1.82, 2.24) is 5.32 Å². The molecule has 0 unspecified atom stereocenters. The van der Waals surface area contributed by atoms with E-state index >= 15 is 0 Å². The second kappa shape index (κ2) is 5.97. The lowest BCUT2D eigenvalue weighted by Gasteiger charge is -2.10. The number of hydrogen-bond acceptors (Lipinski definition) is 2. The second-order valence-corrected chi connectivity index (χ2v) is 4.43. The Morgan fingerprint density at radius 2 is 2.12 bits per heavy atom. The first-order valence-electron chi connectivity index (χ1n) is 4.86. The molecule has 0 atom stereocenters. The predicted molar refractivity (Wildman–Crippen MR) is 65.2 cm³/mol. The summed E-state index contributed by atoms with van der Waals surface area (Å²) < 4.78 is 5.25. The van der Waals surface area contributed by atoms with Crippen molar-refractivity contribution < 1.29 is 9.53 Å². The molecule has 0 heterocycles. The van der Waals surface area contributed by atoms with Crippen molar-refractivity contribution in [1.29, 1.82) is 0 Å². The fourth-order valence-electron chi connectivity index (χ4n) is 1.10. The molecular formula is C11H13Cl2NO2. The molecule has 3 nitrogen and oxygen atoms in total. The first kappa shape index (κ1) is 13.1. The van der Waals surface area contributed by atoms with E-state index in [1.54, 1.807) is 18.2 Å². The van der Waals surface area contributed by atoms with Crippen LogP contribution in [0, 0.1) is 0 Å². The minimum Gasteiger partial charge on any atom is -0.482 e. The number of carbonyl (C=O) groups is 1. The smallest absolute Gasteiger partial charge is 0.258 e. The van der Waals surface area contributed by atoms with Gasteiger partial charge in [0.2, 0.25) is 0 Å². The minimum absolute atomic E-state index is 0.0560. The second-order valence-electron chi connectivity index (χ2n) is 3.59. The van der Waals surface area contributed by atoms with Crippen molar-refractivity contribution in [3.63, 3.8) is 0 Å².